The van der Waals surface area contributed by atoms with Crippen molar-refractivity contribution in [3.63, 3.8) is 0 Å². The first-order valence-corrected chi connectivity index (χ1v) is 6.97. The van der Waals surface area contributed by atoms with Crippen LogP contribution in [0.5, 0.6) is 0 Å². The van der Waals surface area contributed by atoms with Gasteiger partial charge in [-0.05, 0) is 6.42 Å². The van der Waals surface area contributed by atoms with E-state index in [4.69, 9.17) is 5.73 Å². The third-order valence-electron chi connectivity index (χ3n) is 3.12. The number of aromatic nitrogens is 2. The molecule has 0 radical (unpaired) electrons. The molecule has 1 heterocycles. The molecule has 0 spiro atoms. The van der Waals surface area contributed by atoms with Gasteiger partial charge < -0.3 is 16.4 Å². The van der Waals surface area contributed by atoms with E-state index in [1.165, 1.54) is 18.5 Å². The van der Waals surface area contributed by atoms with E-state index in [1.807, 2.05) is 6.92 Å². The van der Waals surface area contributed by atoms with Gasteiger partial charge in [-0.2, -0.15) is 0 Å². The third kappa shape index (κ3) is 4.11. The fourth-order valence-electron chi connectivity index (χ4n) is 1.91. The van der Waals surface area contributed by atoms with Crippen molar-refractivity contribution in [3.05, 3.63) is 20.8 Å². The lowest BCUT2D eigenvalue weighted by Gasteiger charge is -2.16. The number of hydrogen-bond acceptors (Lipinski definition) is 5. The van der Waals surface area contributed by atoms with E-state index < -0.39 is 11.2 Å². The van der Waals surface area contributed by atoms with E-state index in [2.05, 4.69) is 10.6 Å². The molecule has 1 rings (SSSR count). The summed E-state index contributed by atoms with van der Waals surface area (Å²) < 4.78 is 2.43. The number of amides is 1. The van der Waals surface area contributed by atoms with Crippen LogP contribution in [0, 0.1) is 0 Å². The van der Waals surface area contributed by atoms with Crippen LogP contribution in [0.15, 0.2) is 9.59 Å². The van der Waals surface area contributed by atoms with Gasteiger partial charge in [-0.3, -0.25) is 18.7 Å². The lowest BCUT2D eigenvalue weighted by molar-refractivity contribution is -0.118. The lowest BCUT2D eigenvalue weighted by Crippen LogP contribution is -2.41. The van der Waals surface area contributed by atoms with Crippen LogP contribution >= 0.6 is 0 Å². The van der Waals surface area contributed by atoms with E-state index in [1.54, 1.807) is 0 Å². The molecule has 0 aromatic carbocycles. The summed E-state index contributed by atoms with van der Waals surface area (Å²) in [6.45, 7) is 4.61. The number of nitrogen functional groups attached to an aromatic ring is 1. The fourth-order valence-corrected chi connectivity index (χ4v) is 1.91. The Morgan fingerprint density at radius 2 is 1.95 bits per heavy atom. The summed E-state index contributed by atoms with van der Waals surface area (Å²) in [6.07, 6.45) is 1.72. The molecule has 1 aromatic rings. The highest BCUT2D eigenvalue weighted by Gasteiger charge is 2.14. The van der Waals surface area contributed by atoms with Crippen molar-refractivity contribution in [1.82, 2.24) is 14.5 Å². The second-order valence-electron chi connectivity index (χ2n) is 4.82. The van der Waals surface area contributed by atoms with Crippen LogP contribution < -0.4 is 27.6 Å². The monoisotopic (exact) mass is 297 g/mol. The zero-order valence-corrected chi connectivity index (χ0v) is 12.7. The maximum absolute atomic E-state index is 12.1. The SMILES string of the molecule is CCCCn1c(N)c(NCCNC(C)=O)c(=O)n(C)c1=O. The molecule has 1 aromatic heterocycles. The van der Waals surface area contributed by atoms with Gasteiger partial charge in [0.1, 0.15) is 11.5 Å². The predicted octanol–water partition coefficient (Wildman–Crippen LogP) is -0.523. The van der Waals surface area contributed by atoms with Crippen molar-refractivity contribution in [2.75, 3.05) is 24.1 Å². The summed E-state index contributed by atoms with van der Waals surface area (Å²) in [5.41, 5.74) is 5.25. The predicted molar refractivity (Wildman–Crippen MR) is 82.4 cm³/mol. The molecule has 118 valence electrons. The van der Waals surface area contributed by atoms with Gasteiger partial charge in [0, 0.05) is 33.6 Å². The average Bonchev–Trinajstić information content (AvgIpc) is 2.44. The van der Waals surface area contributed by atoms with Crippen molar-refractivity contribution in [1.29, 1.82) is 0 Å². The van der Waals surface area contributed by atoms with Crippen LogP contribution in [0.1, 0.15) is 26.7 Å². The molecular weight excluding hydrogens is 274 g/mol. The Balaban J connectivity index is 3.02. The maximum Gasteiger partial charge on any atom is 0.332 e. The van der Waals surface area contributed by atoms with Gasteiger partial charge in [0.15, 0.2) is 0 Å². The van der Waals surface area contributed by atoms with E-state index in [-0.39, 0.29) is 17.4 Å². The van der Waals surface area contributed by atoms with Crippen molar-refractivity contribution >= 4 is 17.4 Å². The largest absolute Gasteiger partial charge is 0.383 e. The molecule has 0 aliphatic carbocycles. The van der Waals surface area contributed by atoms with E-state index in [9.17, 15) is 14.4 Å². The quantitative estimate of drug-likeness (QED) is 0.586. The summed E-state index contributed by atoms with van der Waals surface area (Å²) in [4.78, 5) is 34.9. The van der Waals surface area contributed by atoms with Crippen LogP contribution in [0.25, 0.3) is 0 Å². The molecular formula is C13H23N5O3. The molecule has 0 aliphatic heterocycles. The van der Waals surface area contributed by atoms with Crippen LogP contribution in [-0.4, -0.2) is 28.1 Å². The summed E-state index contributed by atoms with van der Waals surface area (Å²) in [5, 5.41) is 5.50. The Kier molecular flexibility index (Phi) is 6.01. The highest BCUT2D eigenvalue weighted by Crippen LogP contribution is 2.10. The summed E-state index contributed by atoms with van der Waals surface area (Å²) in [7, 11) is 1.42. The molecule has 4 N–H and O–H groups in total. The standard InChI is InChI=1S/C13H23N5O3/c1-4-5-8-18-11(14)10(12(20)17(3)13(18)21)16-7-6-15-9(2)19/h16H,4-8,14H2,1-3H3,(H,15,19). The molecule has 0 aliphatic rings. The zero-order valence-electron chi connectivity index (χ0n) is 12.7. The second kappa shape index (κ2) is 7.51. The van der Waals surface area contributed by atoms with Crippen LogP contribution in [0.3, 0.4) is 0 Å². The number of nitrogens with one attached hydrogen (secondary N) is 2. The number of unbranched alkanes of at least 4 members (excludes halogenated alkanes) is 1. The van der Waals surface area contributed by atoms with Crippen molar-refractivity contribution in [2.24, 2.45) is 7.05 Å². The number of hydrogen-bond donors (Lipinski definition) is 3. The molecule has 0 atom stereocenters. The molecule has 0 bridgehead atoms. The van der Waals surface area contributed by atoms with Crippen molar-refractivity contribution in [3.8, 4) is 0 Å². The normalized spacial score (nSPS) is 10.4. The Bertz CT molecular complexity index is 617. The van der Waals surface area contributed by atoms with Gasteiger partial charge in [-0.1, -0.05) is 13.3 Å². The molecule has 0 saturated heterocycles. The third-order valence-corrected chi connectivity index (χ3v) is 3.12. The first-order chi connectivity index (χ1) is 9.90. The van der Waals surface area contributed by atoms with Gasteiger partial charge >= 0.3 is 5.69 Å². The topological polar surface area (TPSA) is 111 Å². The second-order valence-corrected chi connectivity index (χ2v) is 4.82. The fraction of sp³-hybridized carbons (Fsp3) is 0.615. The van der Waals surface area contributed by atoms with Crippen LogP contribution in [0.4, 0.5) is 11.5 Å². The van der Waals surface area contributed by atoms with Crippen LogP contribution in [0.2, 0.25) is 0 Å². The highest BCUT2D eigenvalue weighted by atomic mass is 16.2. The summed E-state index contributed by atoms with van der Waals surface area (Å²) in [5.74, 6) is -0.00929. The minimum atomic E-state index is -0.465. The van der Waals surface area contributed by atoms with E-state index >= 15 is 0 Å². The Labute approximate surface area is 122 Å². The summed E-state index contributed by atoms with van der Waals surface area (Å²) >= 11 is 0. The lowest BCUT2D eigenvalue weighted by atomic mass is 10.3. The van der Waals surface area contributed by atoms with E-state index in [0.29, 0.717) is 19.6 Å². The first-order valence-electron chi connectivity index (χ1n) is 6.97. The van der Waals surface area contributed by atoms with E-state index in [0.717, 1.165) is 17.4 Å². The summed E-state index contributed by atoms with van der Waals surface area (Å²) in [6, 6.07) is 0. The van der Waals surface area contributed by atoms with Crippen molar-refractivity contribution < 1.29 is 4.79 Å². The molecule has 0 saturated carbocycles. The number of carbonyl (C=O) groups excluding carboxylic acids is 1. The van der Waals surface area contributed by atoms with Gasteiger partial charge in [0.25, 0.3) is 5.56 Å². The number of rotatable bonds is 7. The number of nitrogens with two attached hydrogens (primary N) is 1. The number of carbonyl (C=O) groups is 1. The maximum atomic E-state index is 12.1. The first kappa shape index (κ1) is 16.8. The smallest absolute Gasteiger partial charge is 0.332 e. The molecule has 0 unspecified atom stereocenters. The molecule has 1 amide bonds. The van der Waals surface area contributed by atoms with Crippen LogP contribution in [-0.2, 0) is 18.4 Å². The Morgan fingerprint density at radius 1 is 1.29 bits per heavy atom. The molecule has 8 heteroatoms. The minimum Gasteiger partial charge on any atom is -0.383 e. The zero-order chi connectivity index (χ0) is 16.0. The number of nitrogens with zero attached hydrogens (tertiary/aromatic N) is 2. The minimum absolute atomic E-state index is 0.138. The highest BCUT2D eigenvalue weighted by molar-refractivity contribution is 5.72. The van der Waals surface area contributed by atoms with Crippen molar-refractivity contribution in [2.45, 2.75) is 33.2 Å². The van der Waals surface area contributed by atoms with Gasteiger partial charge in [-0.25, -0.2) is 4.79 Å². The van der Waals surface area contributed by atoms with Gasteiger partial charge in [0.2, 0.25) is 5.91 Å². The Morgan fingerprint density at radius 3 is 2.52 bits per heavy atom. The number of anilines is 2. The molecule has 21 heavy (non-hydrogen) atoms. The molecule has 8 nitrogen and oxygen atoms in total. The average molecular weight is 297 g/mol. The molecule has 0 fully saturated rings. The van der Waals surface area contributed by atoms with Gasteiger partial charge in [0.05, 0.1) is 0 Å². The van der Waals surface area contributed by atoms with Gasteiger partial charge in [-0.15, -0.1) is 0 Å². The Hall–Kier alpha value is -2.25.